The molecular weight excluding hydrogens is 248 g/mol. The Balaban J connectivity index is 2.00. The molecule has 0 N–H and O–H groups in total. The maximum Gasteiger partial charge on any atom is 0.263 e. The van der Waals surface area contributed by atoms with Gasteiger partial charge in [-0.05, 0) is 35.7 Å². The molecule has 0 atom stereocenters. The fourth-order valence-corrected chi connectivity index (χ4v) is 2.27. The molecule has 100 valence electrons. The first-order valence-electron chi connectivity index (χ1n) is 6.73. The number of benzene rings is 2. The van der Waals surface area contributed by atoms with Crippen molar-refractivity contribution >= 4 is 16.9 Å². The molecule has 3 aromatic rings. The van der Waals surface area contributed by atoms with Crippen molar-refractivity contribution in [3.63, 3.8) is 0 Å². The number of carbonyl (C=O) groups is 1. The second-order valence-corrected chi connectivity index (χ2v) is 5.19. The predicted octanol–water partition coefficient (Wildman–Crippen LogP) is 3.85. The summed E-state index contributed by atoms with van der Waals surface area (Å²) in [5.74, 6) is 0.419. The molecule has 1 aromatic heterocycles. The highest BCUT2D eigenvalue weighted by molar-refractivity contribution is 6.01. The van der Waals surface area contributed by atoms with Crippen LogP contribution in [0.2, 0.25) is 0 Å². The van der Waals surface area contributed by atoms with Crippen molar-refractivity contribution in [1.82, 2.24) is 9.55 Å². The lowest BCUT2D eigenvalue weighted by Crippen LogP contribution is -2.10. The van der Waals surface area contributed by atoms with E-state index in [2.05, 4.69) is 18.8 Å². The first kappa shape index (κ1) is 12.6. The van der Waals surface area contributed by atoms with Crippen molar-refractivity contribution in [2.75, 3.05) is 0 Å². The van der Waals surface area contributed by atoms with E-state index in [1.165, 1.54) is 5.56 Å². The lowest BCUT2D eigenvalue weighted by atomic mass is 10.0. The summed E-state index contributed by atoms with van der Waals surface area (Å²) in [6, 6.07) is 15.4. The van der Waals surface area contributed by atoms with E-state index >= 15 is 0 Å². The Morgan fingerprint density at radius 2 is 1.75 bits per heavy atom. The highest BCUT2D eigenvalue weighted by Gasteiger charge is 2.12. The van der Waals surface area contributed by atoms with E-state index in [0.717, 1.165) is 11.0 Å². The molecule has 1 heterocycles. The van der Waals surface area contributed by atoms with Gasteiger partial charge >= 0.3 is 0 Å². The summed E-state index contributed by atoms with van der Waals surface area (Å²) in [4.78, 5) is 16.8. The minimum Gasteiger partial charge on any atom is -0.268 e. The van der Waals surface area contributed by atoms with Gasteiger partial charge in [0.25, 0.3) is 5.91 Å². The summed E-state index contributed by atoms with van der Waals surface area (Å²) in [6.07, 6.45) is 1.59. The van der Waals surface area contributed by atoms with E-state index in [4.69, 9.17) is 0 Å². The molecule has 0 saturated heterocycles. The first-order valence-corrected chi connectivity index (χ1v) is 6.73. The van der Waals surface area contributed by atoms with Gasteiger partial charge in [-0.15, -0.1) is 0 Å². The number of para-hydroxylation sites is 2. The molecule has 3 nitrogen and oxygen atoms in total. The summed E-state index contributed by atoms with van der Waals surface area (Å²) in [6.45, 7) is 4.28. The van der Waals surface area contributed by atoms with Crippen LogP contribution >= 0.6 is 0 Å². The summed E-state index contributed by atoms with van der Waals surface area (Å²) < 4.78 is 1.60. The van der Waals surface area contributed by atoms with Crippen LogP contribution in [-0.2, 0) is 0 Å². The summed E-state index contributed by atoms with van der Waals surface area (Å²) >= 11 is 0. The third-order valence-electron chi connectivity index (χ3n) is 3.50. The maximum atomic E-state index is 12.5. The SMILES string of the molecule is CC(C)c1ccc(C(=O)n2cnc3ccccc32)cc1. The molecule has 0 aliphatic carbocycles. The third kappa shape index (κ3) is 2.11. The Kier molecular flexibility index (Phi) is 3.11. The number of hydrogen-bond donors (Lipinski definition) is 0. The molecule has 2 aromatic carbocycles. The number of nitrogens with zero attached hydrogens (tertiary/aromatic N) is 2. The maximum absolute atomic E-state index is 12.5. The van der Waals surface area contributed by atoms with Crippen molar-refractivity contribution in [2.45, 2.75) is 19.8 Å². The van der Waals surface area contributed by atoms with Crippen LogP contribution < -0.4 is 0 Å². The standard InChI is InChI=1S/C17H16N2O/c1-12(2)13-7-9-14(10-8-13)17(20)19-11-18-15-5-3-4-6-16(15)19/h3-12H,1-2H3. The van der Waals surface area contributed by atoms with E-state index < -0.39 is 0 Å². The van der Waals surface area contributed by atoms with Crippen molar-refractivity contribution < 1.29 is 4.79 Å². The smallest absolute Gasteiger partial charge is 0.263 e. The molecular formula is C17H16N2O. The van der Waals surface area contributed by atoms with E-state index in [1.54, 1.807) is 10.9 Å². The molecule has 3 rings (SSSR count). The van der Waals surface area contributed by atoms with E-state index in [9.17, 15) is 4.79 Å². The summed E-state index contributed by atoms with van der Waals surface area (Å²) in [5, 5.41) is 0. The van der Waals surface area contributed by atoms with Gasteiger partial charge in [-0.25, -0.2) is 4.98 Å². The van der Waals surface area contributed by atoms with Gasteiger partial charge in [0.15, 0.2) is 0 Å². The Morgan fingerprint density at radius 1 is 1.05 bits per heavy atom. The average Bonchev–Trinajstić information content (AvgIpc) is 2.90. The number of imidazole rings is 1. The summed E-state index contributed by atoms with van der Waals surface area (Å²) in [7, 11) is 0. The second kappa shape index (κ2) is 4.93. The largest absolute Gasteiger partial charge is 0.268 e. The molecule has 0 bridgehead atoms. The van der Waals surface area contributed by atoms with Crippen LogP contribution in [0.15, 0.2) is 54.9 Å². The van der Waals surface area contributed by atoms with Crippen LogP contribution in [-0.4, -0.2) is 15.5 Å². The van der Waals surface area contributed by atoms with Gasteiger partial charge in [0.2, 0.25) is 0 Å². The minimum absolute atomic E-state index is 0.0472. The Morgan fingerprint density at radius 3 is 2.45 bits per heavy atom. The molecule has 0 unspecified atom stereocenters. The molecule has 20 heavy (non-hydrogen) atoms. The van der Waals surface area contributed by atoms with E-state index in [1.807, 2.05) is 48.5 Å². The summed E-state index contributed by atoms with van der Waals surface area (Å²) in [5.41, 5.74) is 3.58. The Labute approximate surface area is 117 Å². The van der Waals surface area contributed by atoms with Crippen molar-refractivity contribution in [3.05, 3.63) is 66.0 Å². The van der Waals surface area contributed by atoms with Gasteiger partial charge in [0.1, 0.15) is 6.33 Å². The molecule has 0 fully saturated rings. The average molecular weight is 264 g/mol. The van der Waals surface area contributed by atoms with Crippen LogP contribution in [0.25, 0.3) is 11.0 Å². The van der Waals surface area contributed by atoms with Gasteiger partial charge in [-0.1, -0.05) is 38.1 Å². The normalized spacial score (nSPS) is 11.2. The van der Waals surface area contributed by atoms with Crippen molar-refractivity contribution in [3.8, 4) is 0 Å². The molecule has 0 aliphatic rings. The Hall–Kier alpha value is -2.42. The fraction of sp³-hybridized carbons (Fsp3) is 0.176. The Bertz CT molecular complexity index is 754. The van der Waals surface area contributed by atoms with Crippen LogP contribution in [0.1, 0.15) is 35.7 Å². The lowest BCUT2D eigenvalue weighted by molar-refractivity contribution is 0.0964. The minimum atomic E-state index is -0.0472. The number of rotatable bonds is 2. The second-order valence-electron chi connectivity index (χ2n) is 5.19. The highest BCUT2D eigenvalue weighted by atomic mass is 16.2. The highest BCUT2D eigenvalue weighted by Crippen LogP contribution is 2.17. The monoisotopic (exact) mass is 264 g/mol. The van der Waals surface area contributed by atoms with Crippen LogP contribution in [0.4, 0.5) is 0 Å². The van der Waals surface area contributed by atoms with Gasteiger partial charge in [0, 0.05) is 5.56 Å². The molecule has 0 amide bonds. The topological polar surface area (TPSA) is 34.9 Å². The van der Waals surface area contributed by atoms with Gasteiger partial charge < -0.3 is 0 Å². The number of hydrogen-bond acceptors (Lipinski definition) is 2. The van der Waals surface area contributed by atoms with Crippen LogP contribution in [0.3, 0.4) is 0 Å². The van der Waals surface area contributed by atoms with Crippen molar-refractivity contribution in [1.29, 1.82) is 0 Å². The van der Waals surface area contributed by atoms with Crippen molar-refractivity contribution in [2.24, 2.45) is 0 Å². The fourth-order valence-electron chi connectivity index (χ4n) is 2.27. The third-order valence-corrected chi connectivity index (χ3v) is 3.50. The van der Waals surface area contributed by atoms with Crippen LogP contribution in [0, 0.1) is 0 Å². The van der Waals surface area contributed by atoms with E-state index in [0.29, 0.717) is 11.5 Å². The number of fused-ring (bicyclic) bond motifs is 1. The van der Waals surface area contributed by atoms with Gasteiger partial charge in [0.05, 0.1) is 11.0 Å². The zero-order valence-electron chi connectivity index (χ0n) is 11.6. The van der Waals surface area contributed by atoms with E-state index in [-0.39, 0.29) is 5.91 Å². The molecule has 0 spiro atoms. The van der Waals surface area contributed by atoms with Gasteiger partial charge in [-0.2, -0.15) is 0 Å². The first-order chi connectivity index (χ1) is 9.66. The number of carbonyl (C=O) groups excluding carboxylic acids is 1. The zero-order chi connectivity index (χ0) is 14.1. The predicted molar refractivity (Wildman–Crippen MR) is 80.0 cm³/mol. The molecule has 0 radical (unpaired) electrons. The zero-order valence-corrected chi connectivity index (χ0v) is 11.6. The van der Waals surface area contributed by atoms with Crippen LogP contribution in [0.5, 0.6) is 0 Å². The quantitative estimate of drug-likeness (QED) is 0.704. The number of aromatic nitrogens is 2. The molecule has 0 aliphatic heterocycles. The molecule has 3 heteroatoms. The lowest BCUT2D eigenvalue weighted by Gasteiger charge is -2.07. The van der Waals surface area contributed by atoms with Gasteiger partial charge in [-0.3, -0.25) is 9.36 Å². The molecule has 0 saturated carbocycles.